The van der Waals surface area contributed by atoms with Crippen molar-refractivity contribution in [2.45, 2.75) is 38.3 Å². The van der Waals surface area contributed by atoms with E-state index in [2.05, 4.69) is 75.6 Å². The molecule has 1 aliphatic rings. The number of carbonyl (C=O) groups excluding carboxylic acids is 1. The zero-order chi connectivity index (χ0) is 30.1. The Bertz CT molecular complexity index is 1660. The van der Waals surface area contributed by atoms with Crippen LogP contribution in [0.2, 0.25) is 0 Å². The molecule has 4 aromatic carbocycles. The average Bonchev–Trinajstić information content (AvgIpc) is 3.72. The fourth-order valence-electron chi connectivity index (χ4n) is 6.25. The lowest BCUT2D eigenvalue weighted by Crippen LogP contribution is -2.34. The maximum absolute atomic E-state index is 13.5. The van der Waals surface area contributed by atoms with E-state index in [4.69, 9.17) is 9.47 Å². The van der Waals surface area contributed by atoms with E-state index < -0.39 is 0 Å². The first-order valence-corrected chi connectivity index (χ1v) is 15.6. The molecule has 1 N–H and O–H groups in total. The van der Waals surface area contributed by atoms with Gasteiger partial charge in [-0.1, -0.05) is 84.9 Å². The summed E-state index contributed by atoms with van der Waals surface area (Å²) >= 11 is 0. The van der Waals surface area contributed by atoms with Gasteiger partial charge in [-0.05, 0) is 66.4 Å². The number of methoxy groups -OCH3 is 1. The highest BCUT2D eigenvalue weighted by molar-refractivity contribution is 5.87. The second kappa shape index (κ2) is 14.3. The number of ether oxygens (including phenoxy) is 2. The summed E-state index contributed by atoms with van der Waals surface area (Å²) in [5, 5.41) is 4.37. The summed E-state index contributed by atoms with van der Waals surface area (Å²) in [7, 11) is 1.66. The third kappa shape index (κ3) is 7.14. The Morgan fingerprint density at radius 1 is 0.841 bits per heavy atom. The Morgan fingerprint density at radius 2 is 1.55 bits per heavy atom. The predicted octanol–water partition coefficient (Wildman–Crippen LogP) is 7.01. The SMILES string of the molecule is COc1ccc([C@@H](CC(=O)NCCN2CCCC2)c2cn(Cc3ccccc3)c3ccccc23)cc1OCc1ccccc1. The number of carbonyl (C=O) groups is 1. The van der Waals surface area contributed by atoms with Crippen LogP contribution < -0.4 is 14.8 Å². The van der Waals surface area contributed by atoms with Crippen LogP contribution in [0, 0.1) is 0 Å². The standard InChI is InChI=1S/C38H41N3O3/c1-43-36-19-18-31(24-37(36)44-28-30-14-6-3-7-15-30)33(25-38(42)39-20-23-40-21-10-11-22-40)34-27-41(26-29-12-4-2-5-13-29)35-17-9-8-16-32(34)35/h2-9,12-19,24,27,33H,10-11,20-23,25-26,28H2,1H3,(H,39,42)/t33-/m1/s1. The minimum atomic E-state index is -0.173. The van der Waals surface area contributed by atoms with E-state index in [1.54, 1.807) is 7.11 Å². The van der Waals surface area contributed by atoms with Crippen LogP contribution in [0.5, 0.6) is 11.5 Å². The van der Waals surface area contributed by atoms with Crippen molar-refractivity contribution in [1.82, 2.24) is 14.8 Å². The summed E-state index contributed by atoms with van der Waals surface area (Å²) in [6, 6.07) is 35.2. The van der Waals surface area contributed by atoms with Gasteiger partial charge in [0.1, 0.15) is 6.61 Å². The number of para-hydroxylation sites is 1. The number of rotatable bonds is 13. The summed E-state index contributed by atoms with van der Waals surface area (Å²) in [4.78, 5) is 16.0. The minimum Gasteiger partial charge on any atom is -0.493 e. The first-order valence-electron chi connectivity index (χ1n) is 15.6. The molecule has 6 rings (SSSR count). The zero-order valence-electron chi connectivity index (χ0n) is 25.5. The maximum Gasteiger partial charge on any atom is 0.220 e. The van der Waals surface area contributed by atoms with Crippen molar-refractivity contribution in [1.29, 1.82) is 0 Å². The van der Waals surface area contributed by atoms with Crippen LogP contribution in [-0.4, -0.2) is 48.7 Å². The number of likely N-dealkylation sites (tertiary alicyclic amines) is 1. The molecule has 5 aromatic rings. The lowest BCUT2D eigenvalue weighted by molar-refractivity contribution is -0.121. The summed E-state index contributed by atoms with van der Waals surface area (Å²) in [5.41, 5.74) is 5.62. The first kappa shape index (κ1) is 29.5. The molecule has 0 bridgehead atoms. The van der Waals surface area contributed by atoms with Gasteiger partial charge < -0.3 is 24.3 Å². The van der Waals surface area contributed by atoms with Gasteiger partial charge in [0.15, 0.2) is 11.5 Å². The fraction of sp³-hybridized carbons (Fsp3) is 0.289. The summed E-state index contributed by atoms with van der Waals surface area (Å²) in [6.45, 7) is 4.99. The molecular weight excluding hydrogens is 546 g/mol. The third-order valence-electron chi connectivity index (χ3n) is 8.56. The van der Waals surface area contributed by atoms with Gasteiger partial charge in [-0.25, -0.2) is 0 Å². The van der Waals surface area contributed by atoms with Gasteiger partial charge in [-0.3, -0.25) is 4.79 Å². The van der Waals surface area contributed by atoms with Gasteiger partial charge in [0.2, 0.25) is 5.91 Å². The predicted molar refractivity (Wildman–Crippen MR) is 176 cm³/mol. The van der Waals surface area contributed by atoms with Gasteiger partial charge in [0.25, 0.3) is 0 Å². The van der Waals surface area contributed by atoms with Crippen LogP contribution in [0.1, 0.15) is 47.4 Å². The van der Waals surface area contributed by atoms with Crippen LogP contribution in [0.25, 0.3) is 10.9 Å². The molecule has 0 radical (unpaired) electrons. The quantitative estimate of drug-likeness (QED) is 0.161. The number of nitrogens with one attached hydrogen (secondary N) is 1. The zero-order valence-corrected chi connectivity index (χ0v) is 25.5. The van der Waals surface area contributed by atoms with Crippen LogP contribution in [0.15, 0.2) is 109 Å². The third-order valence-corrected chi connectivity index (χ3v) is 8.56. The highest BCUT2D eigenvalue weighted by atomic mass is 16.5. The summed E-state index contributed by atoms with van der Waals surface area (Å²) in [5.74, 6) is 1.22. The summed E-state index contributed by atoms with van der Waals surface area (Å²) in [6.07, 6.45) is 5.06. The highest BCUT2D eigenvalue weighted by Gasteiger charge is 2.24. The molecule has 2 heterocycles. The topological polar surface area (TPSA) is 55.7 Å². The fourth-order valence-corrected chi connectivity index (χ4v) is 6.25. The van der Waals surface area contributed by atoms with Crippen molar-refractivity contribution in [3.63, 3.8) is 0 Å². The molecule has 6 heteroatoms. The Balaban J connectivity index is 1.33. The number of hydrogen-bond acceptors (Lipinski definition) is 4. The van der Waals surface area contributed by atoms with E-state index in [-0.39, 0.29) is 11.8 Å². The van der Waals surface area contributed by atoms with Gasteiger partial charge in [-0.2, -0.15) is 0 Å². The monoisotopic (exact) mass is 587 g/mol. The van der Waals surface area contributed by atoms with Crippen molar-refractivity contribution >= 4 is 16.8 Å². The number of nitrogens with zero attached hydrogens (tertiary/aromatic N) is 2. The molecule has 1 saturated heterocycles. The van der Waals surface area contributed by atoms with Crippen LogP contribution in [0.4, 0.5) is 0 Å². The Hall–Kier alpha value is -4.55. The van der Waals surface area contributed by atoms with Gasteiger partial charge >= 0.3 is 0 Å². The number of amides is 1. The second-order valence-electron chi connectivity index (χ2n) is 11.6. The van der Waals surface area contributed by atoms with E-state index in [1.165, 1.54) is 18.4 Å². The number of benzene rings is 4. The van der Waals surface area contributed by atoms with Gasteiger partial charge in [0.05, 0.1) is 7.11 Å². The van der Waals surface area contributed by atoms with E-state index in [9.17, 15) is 4.79 Å². The Morgan fingerprint density at radius 3 is 2.30 bits per heavy atom. The largest absolute Gasteiger partial charge is 0.493 e. The lowest BCUT2D eigenvalue weighted by atomic mass is 9.87. The molecule has 0 saturated carbocycles. The second-order valence-corrected chi connectivity index (χ2v) is 11.6. The van der Waals surface area contributed by atoms with Crippen molar-refractivity contribution in [3.8, 4) is 11.5 Å². The molecule has 1 fully saturated rings. The van der Waals surface area contributed by atoms with E-state index in [0.717, 1.165) is 53.8 Å². The van der Waals surface area contributed by atoms with Crippen LogP contribution in [0.3, 0.4) is 0 Å². The molecule has 1 aromatic heterocycles. The van der Waals surface area contributed by atoms with E-state index in [1.807, 2.05) is 48.5 Å². The lowest BCUT2D eigenvalue weighted by Gasteiger charge is -2.20. The van der Waals surface area contributed by atoms with E-state index >= 15 is 0 Å². The van der Waals surface area contributed by atoms with E-state index in [0.29, 0.717) is 31.1 Å². The minimum absolute atomic E-state index is 0.0525. The molecule has 6 nitrogen and oxygen atoms in total. The molecule has 1 aliphatic heterocycles. The molecular formula is C38H41N3O3. The first-order chi connectivity index (χ1) is 21.7. The number of aromatic nitrogens is 1. The molecule has 44 heavy (non-hydrogen) atoms. The van der Waals surface area contributed by atoms with Gasteiger partial charge in [-0.15, -0.1) is 0 Å². The van der Waals surface area contributed by atoms with Crippen molar-refractivity contribution in [2.24, 2.45) is 0 Å². The van der Waals surface area contributed by atoms with Crippen molar-refractivity contribution in [3.05, 3.63) is 132 Å². The maximum atomic E-state index is 13.5. The van der Waals surface area contributed by atoms with Crippen molar-refractivity contribution < 1.29 is 14.3 Å². The smallest absolute Gasteiger partial charge is 0.220 e. The number of hydrogen-bond donors (Lipinski definition) is 1. The normalized spacial score (nSPS) is 14.0. The molecule has 1 amide bonds. The molecule has 0 spiro atoms. The van der Waals surface area contributed by atoms with Crippen molar-refractivity contribution in [2.75, 3.05) is 33.3 Å². The highest BCUT2D eigenvalue weighted by Crippen LogP contribution is 2.39. The molecule has 0 unspecified atom stereocenters. The molecule has 0 aliphatic carbocycles. The number of fused-ring (bicyclic) bond motifs is 1. The van der Waals surface area contributed by atoms with Crippen LogP contribution >= 0.6 is 0 Å². The average molecular weight is 588 g/mol. The summed E-state index contributed by atoms with van der Waals surface area (Å²) < 4.78 is 14.3. The molecule has 1 atom stereocenters. The molecule has 226 valence electrons. The van der Waals surface area contributed by atoms with Gasteiger partial charge in [0, 0.05) is 49.1 Å². The Labute approximate surface area is 260 Å². The Kier molecular flexibility index (Phi) is 9.58. The van der Waals surface area contributed by atoms with Crippen LogP contribution in [-0.2, 0) is 17.9 Å².